The number of rotatable bonds is 4. The van der Waals surface area contributed by atoms with Gasteiger partial charge in [-0.25, -0.2) is 4.99 Å². The summed E-state index contributed by atoms with van der Waals surface area (Å²) in [5.74, 6) is 0.953. The van der Waals surface area contributed by atoms with Crippen LogP contribution in [0.2, 0.25) is 0 Å². The molecule has 8 aromatic carbocycles. The quantitative estimate of drug-likeness (QED) is 0.128. The van der Waals surface area contributed by atoms with E-state index in [1.165, 1.54) is 76.9 Å². The summed E-state index contributed by atoms with van der Waals surface area (Å²) >= 11 is 2.50. The maximum atomic E-state index is 5.33. The number of para-hydroxylation sites is 2. The molecule has 2 aliphatic rings. The Morgan fingerprint density at radius 1 is 0.569 bits per heavy atom. The van der Waals surface area contributed by atoms with Gasteiger partial charge in [0.2, 0.25) is 0 Å². The van der Waals surface area contributed by atoms with Crippen LogP contribution in [0.4, 0.5) is 5.69 Å². The molecular formula is C53H37IN4. The van der Waals surface area contributed by atoms with Crippen molar-refractivity contribution in [2.75, 3.05) is 0 Å². The molecule has 0 spiro atoms. The Morgan fingerprint density at radius 3 is 2.19 bits per heavy atom. The second kappa shape index (κ2) is 12.5. The molecule has 1 unspecified atom stereocenters. The zero-order valence-corrected chi connectivity index (χ0v) is 34.2. The van der Waals surface area contributed by atoms with Crippen LogP contribution >= 0.6 is 22.9 Å². The van der Waals surface area contributed by atoms with Crippen molar-refractivity contribution in [1.82, 2.24) is 12.2 Å². The van der Waals surface area contributed by atoms with Crippen molar-refractivity contribution < 1.29 is 0 Å². The summed E-state index contributed by atoms with van der Waals surface area (Å²) in [5, 5.41) is 6.27. The lowest BCUT2D eigenvalue weighted by molar-refractivity contribution is 0.591. The molecule has 0 radical (unpaired) electrons. The molecule has 0 saturated heterocycles. The third kappa shape index (κ3) is 4.77. The smallest absolute Gasteiger partial charge is 0.146 e. The van der Waals surface area contributed by atoms with Crippen molar-refractivity contribution in [3.8, 4) is 22.5 Å². The second-order valence-electron chi connectivity index (χ2n) is 16.2. The monoisotopic (exact) mass is 856 g/mol. The molecule has 12 rings (SSSR count). The fourth-order valence-electron chi connectivity index (χ4n) is 9.95. The van der Waals surface area contributed by atoms with Crippen molar-refractivity contribution in [3.05, 3.63) is 210 Å². The van der Waals surface area contributed by atoms with Crippen LogP contribution in [0.1, 0.15) is 47.7 Å². The zero-order chi connectivity index (χ0) is 38.7. The van der Waals surface area contributed by atoms with Crippen LogP contribution in [-0.4, -0.2) is 18.1 Å². The van der Waals surface area contributed by atoms with Gasteiger partial charge in [-0.1, -0.05) is 129 Å². The first-order valence-electron chi connectivity index (χ1n) is 19.9. The standard InChI is InChI=1S/C53H37IN4/c1-53(2)44-18-10-8-16-39(44)40-26-22-35(32-45(40)53)50-41-17-9-11-19-46(41)55-52(58(50)54)34-20-24-37(25-21-34)57-48-28-23-33-12-6-7-15-38(33)49(48)43-27-29-47-42(51(43)57)30-31-56(47)36-13-4-3-5-14-36/h3-32,50H,1-2H3. The predicted molar refractivity (Wildman–Crippen MR) is 249 cm³/mol. The number of nitrogens with zero attached hydrogens (tertiary/aromatic N) is 4. The fraction of sp³-hybridized carbons (Fsp3) is 0.0755. The maximum absolute atomic E-state index is 5.33. The predicted octanol–water partition coefficient (Wildman–Crippen LogP) is 14.0. The van der Waals surface area contributed by atoms with Gasteiger partial charge in [0.05, 0.1) is 51.1 Å². The van der Waals surface area contributed by atoms with Gasteiger partial charge in [0.25, 0.3) is 0 Å². The molecule has 0 amide bonds. The number of amidine groups is 1. The molecule has 0 fully saturated rings. The highest BCUT2D eigenvalue weighted by Gasteiger charge is 2.37. The van der Waals surface area contributed by atoms with Gasteiger partial charge in [0, 0.05) is 50.3 Å². The number of hydrogen-bond acceptors (Lipinski definition) is 2. The molecule has 0 saturated carbocycles. The maximum Gasteiger partial charge on any atom is 0.146 e. The van der Waals surface area contributed by atoms with E-state index < -0.39 is 0 Å². The van der Waals surface area contributed by atoms with E-state index in [0.29, 0.717) is 0 Å². The number of aromatic nitrogens is 2. The first-order chi connectivity index (χ1) is 28.5. The molecule has 1 aliphatic heterocycles. The molecule has 0 bridgehead atoms. The van der Waals surface area contributed by atoms with E-state index in [0.717, 1.165) is 28.5 Å². The van der Waals surface area contributed by atoms with E-state index in [1.54, 1.807) is 0 Å². The van der Waals surface area contributed by atoms with Gasteiger partial charge in [-0.15, -0.1) is 0 Å². The van der Waals surface area contributed by atoms with Crippen molar-refractivity contribution in [1.29, 1.82) is 0 Å². The number of halogens is 1. The first-order valence-corrected chi connectivity index (χ1v) is 20.9. The average Bonchev–Trinajstić information content (AvgIpc) is 3.92. The van der Waals surface area contributed by atoms with Crippen LogP contribution in [0.25, 0.3) is 66.0 Å². The summed E-state index contributed by atoms with van der Waals surface area (Å²) in [6.45, 7) is 4.71. The Hall–Kier alpha value is -6.44. The van der Waals surface area contributed by atoms with Gasteiger partial charge in [0.15, 0.2) is 0 Å². The lowest BCUT2D eigenvalue weighted by Gasteiger charge is -2.35. The van der Waals surface area contributed by atoms with Gasteiger partial charge < -0.3 is 9.13 Å². The zero-order valence-electron chi connectivity index (χ0n) is 32.1. The number of fused-ring (bicyclic) bond motifs is 11. The van der Waals surface area contributed by atoms with Gasteiger partial charge in [0.1, 0.15) is 5.84 Å². The molecule has 10 aromatic rings. The van der Waals surface area contributed by atoms with Crippen LogP contribution in [-0.2, 0) is 5.41 Å². The molecule has 1 atom stereocenters. The van der Waals surface area contributed by atoms with Crippen molar-refractivity contribution in [3.63, 3.8) is 0 Å². The van der Waals surface area contributed by atoms with Gasteiger partial charge >= 0.3 is 0 Å². The molecule has 4 nitrogen and oxygen atoms in total. The third-order valence-corrected chi connectivity index (χ3v) is 13.7. The first kappa shape index (κ1) is 33.7. The number of benzene rings is 8. The van der Waals surface area contributed by atoms with E-state index in [2.05, 4.69) is 231 Å². The van der Waals surface area contributed by atoms with Crippen molar-refractivity contribution in [2.24, 2.45) is 4.99 Å². The molecule has 0 N–H and O–H groups in total. The normalized spacial score (nSPS) is 15.5. The Kier molecular flexibility index (Phi) is 7.27. The molecule has 58 heavy (non-hydrogen) atoms. The Labute approximate surface area is 350 Å². The third-order valence-electron chi connectivity index (χ3n) is 12.7. The van der Waals surface area contributed by atoms with Crippen molar-refractivity contribution >= 4 is 77.9 Å². The molecule has 276 valence electrons. The van der Waals surface area contributed by atoms with Gasteiger partial charge in [-0.3, -0.25) is 3.11 Å². The van der Waals surface area contributed by atoms with Gasteiger partial charge in [-0.05, 0) is 99.3 Å². The summed E-state index contributed by atoms with van der Waals surface area (Å²) < 4.78 is 7.10. The highest BCUT2D eigenvalue weighted by atomic mass is 127. The van der Waals surface area contributed by atoms with Crippen LogP contribution in [0, 0.1) is 0 Å². The highest BCUT2D eigenvalue weighted by molar-refractivity contribution is 14.1. The highest BCUT2D eigenvalue weighted by Crippen LogP contribution is 2.51. The lowest BCUT2D eigenvalue weighted by Crippen LogP contribution is -2.30. The SMILES string of the molecule is CC1(C)c2ccccc2-c2ccc(C3c4ccccc4N=C(c4ccc(-n5c6ccc7ccccc7c6c6ccc7c(ccn7-c7ccccc7)c65)cc4)N3I)cc21. The van der Waals surface area contributed by atoms with Gasteiger partial charge in [-0.2, -0.15) is 0 Å². The van der Waals surface area contributed by atoms with E-state index in [4.69, 9.17) is 4.99 Å². The number of hydrogen-bond donors (Lipinski definition) is 0. The molecule has 1 aliphatic carbocycles. The Balaban J connectivity index is 1.00. The van der Waals surface area contributed by atoms with Crippen LogP contribution < -0.4 is 0 Å². The second-order valence-corrected chi connectivity index (χ2v) is 17.2. The minimum Gasteiger partial charge on any atom is -0.316 e. The minimum absolute atomic E-state index is 0.00124. The largest absolute Gasteiger partial charge is 0.316 e. The van der Waals surface area contributed by atoms with E-state index >= 15 is 0 Å². The lowest BCUT2D eigenvalue weighted by atomic mass is 9.81. The van der Waals surface area contributed by atoms with Crippen LogP contribution in [0.5, 0.6) is 0 Å². The molecular weight excluding hydrogens is 820 g/mol. The van der Waals surface area contributed by atoms with Crippen LogP contribution in [0.3, 0.4) is 0 Å². The average molecular weight is 857 g/mol. The topological polar surface area (TPSA) is 25.5 Å². The summed E-state index contributed by atoms with van der Waals surface area (Å²) in [4.78, 5) is 5.33. The van der Waals surface area contributed by atoms with E-state index in [9.17, 15) is 0 Å². The molecule has 3 heterocycles. The Morgan fingerprint density at radius 2 is 1.31 bits per heavy atom. The summed E-state index contributed by atoms with van der Waals surface area (Å²) in [6.07, 6.45) is 2.20. The van der Waals surface area contributed by atoms with Crippen molar-refractivity contribution in [2.45, 2.75) is 25.3 Å². The molecule has 5 heteroatoms. The van der Waals surface area contributed by atoms with E-state index in [-0.39, 0.29) is 11.5 Å². The minimum atomic E-state index is -0.0756. The molecule has 2 aromatic heterocycles. The Bertz CT molecular complexity index is 3330. The summed E-state index contributed by atoms with van der Waals surface area (Å²) in [6, 6.07) is 64.5. The van der Waals surface area contributed by atoms with Crippen LogP contribution in [0.15, 0.2) is 187 Å². The van der Waals surface area contributed by atoms with E-state index in [1.807, 2.05) is 0 Å². The fourth-order valence-corrected chi connectivity index (χ4v) is 11.0. The summed E-state index contributed by atoms with van der Waals surface area (Å²) in [5.41, 5.74) is 15.8. The summed E-state index contributed by atoms with van der Waals surface area (Å²) in [7, 11) is 0. The number of aliphatic imine (C=N–C) groups is 1.